The molecule has 114 valence electrons. The van der Waals surface area contributed by atoms with Crippen LogP contribution in [0.25, 0.3) is 0 Å². The molecule has 4 nitrogen and oxygen atoms in total. The predicted octanol–water partition coefficient (Wildman–Crippen LogP) is 3.46. The van der Waals surface area contributed by atoms with Crippen LogP contribution in [-0.4, -0.2) is 16.9 Å². The Hall–Kier alpha value is -1.81. The fraction of sp³-hybridized carbons (Fsp3) is 0.471. The third kappa shape index (κ3) is 3.27. The minimum absolute atomic E-state index is 0.245. The molecule has 2 atom stereocenters. The molecule has 0 fully saturated rings. The zero-order valence-corrected chi connectivity index (χ0v) is 13.8. The van der Waals surface area contributed by atoms with Crippen molar-refractivity contribution in [1.29, 1.82) is 0 Å². The Morgan fingerprint density at radius 2 is 1.90 bits per heavy atom. The second kappa shape index (κ2) is 6.31. The third-order valence-electron chi connectivity index (χ3n) is 4.09. The van der Waals surface area contributed by atoms with Crippen molar-refractivity contribution in [3.05, 3.63) is 46.8 Å². The summed E-state index contributed by atoms with van der Waals surface area (Å²) in [7, 11) is 3.69. The van der Waals surface area contributed by atoms with Crippen molar-refractivity contribution in [3.8, 4) is 5.75 Å². The van der Waals surface area contributed by atoms with Gasteiger partial charge in [0.25, 0.3) is 0 Å². The summed E-state index contributed by atoms with van der Waals surface area (Å²) in [6, 6.07) is 8.68. The van der Waals surface area contributed by atoms with Gasteiger partial charge in [0.1, 0.15) is 5.75 Å². The van der Waals surface area contributed by atoms with Crippen LogP contribution in [0, 0.1) is 13.8 Å². The van der Waals surface area contributed by atoms with Gasteiger partial charge in [0.05, 0.1) is 12.8 Å². The van der Waals surface area contributed by atoms with E-state index in [0.29, 0.717) is 0 Å². The fourth-order valence-electron chi connectivity index (χ4n) is 2.88. The van der Waals surface area contributed by atoms with Gasteiger partial charge in [-0.1, -0.05) is 12.1 Å². The smallest absolute Gasteiger partial charge is 0.119 e. The number of nitrogens with zero attached hydrogens (tertiary/aromatic N) is 2. The van der Waals surface area contributed by atoms with E-state index >= 15 is 0 Å². The Balaban J connectivity index is 2.16. The van der Waals surface area contributed by atoms with Crippen LogP contribution in [0.15, 0.2) is 24.3 Å². The van der Waals surface area contributed by atoms with E-state index in [9.17, 15) is 0 Å². The van der Waals surface area contributed by atoms with Crippen molar-refractivity contribution >= 4 is 0 Å². The molecule has 0 saturated heterocycles. The van der Waals surface area contributed by atoms with Gasteiger partial charge in [-0.05, 0) is 45.4 Å². The first-order valence-electron chi connectivity index (χ1n) is 7.34. The lowest BCUT2D eigenvalue weighted by Crippen LogP contribution is -2.23. The van der Waals surface area contributed by atoms with Crippen molar-refractivity contribution in [1.82, 2.24) is 15.1 Å². The second-order valence-electron chi connectivity index (χ2n) is 5.59. The van der Waals surface area contributed by atoms with E-state index in [0.717, 1.165) is 11.4 Å². The summed E-state index contributed by atoms with van der Waals surface area (Å²) in [5.74, 6) is 0.891. The van der Waals surface area contributed by atoms with Gasteiger partial charge >= 0.3 is 0 Å². The maximum atomic E-state index is 5.30. The third-order valence-corrected chi connectivity index (χ3v) is 4.09. The zero-order valence-electron chi connectivity index (χ0n) is 13.8. The molecule has 0 aliphatic carbocycles. The van der Waals surface area contributed by atoms with E-state index in [1.807, 2.05) is 23.9 Å². The Morgan fingerprint density at radius 1 is 1.19 bits per heavy atom. The molecule has 21 heavy (non-hydrogen) atoms. The van der Waals surface area contributed by atoms with Crippen LogP contribution in [0.2, 0.25) is 0 Å². The number of benzene rings is 1. The summed E-state index contributed by atoms with van der Waals surface area (Å²) in [6.45, 7) is 8.54. The largest absolute Gasteiger partial charge is 0.497 e. The molecule has 4 heteroatoms. The van der Waals surface area contributed by atoms with E-state index in [2.05, 4.69) is 50.2 Å². The molecule has 1 N–H and O–H groups in total. The molecule has 1 heterocycles. The average molecular weight is 287 g/mol. The molecule has 0 aliphatic heterocycles. The lowest BCUT2D eigenvalue weighted by Gasteiger charge is -2.21. The Labute approximate surface area is 127 Å². The van der Waals surface area contributed by atoms with E-state index in [1.54, 1.807) is 7.11 Å². The summed E-state index contributed by atoms with van der Waals surface area (Å²) < 4.78 is 7.24. The Bertz CT molecular complexity index is 618. The van der Waals surface area contributed by atoms with Gasteiger partial charge in [-0.15, -0.1) is 0 Å². The number of aryl methyl sites for hydroxylation is 2. The predicted molar refractivity (Wildman–Crippen MR) is 85.6 cm³/mol. The van der Waals surface area contributed by atoms with Gasteiger partial charge in [-0.25, -0.2) is 0 Å². The monoisotopic (exact) mass is 287 g/mol. The highest BCUT2D eigenvalue weighted by molar-refractivity contribution is 5.31. The molecule has 0 bridgehead atoms. The van der Waals surface area contributed by atoms with Crippen LogP contribution in [0.4, 0.5) is 0 Å². The van der Waals surface area contributed by atoms with Gasteiger partial charge in [0.15, 0.2) is 0 Å². The van der Waals surface area contributed by atoms with Gasteiger partial charge in [0.2, 0.25) is 0 Å². The second-order valence-corrected chi connectivity index (χ2v) is 5.59. The number of aromatic nitrogens is 2. The van der Waals surface area contributed by atoms with Gasteiger partial charge < -0.3 is 10.1 Å². The summed E-state index contributed by atoms with van der Waals surface area (Å²) in [4.78, 5) is 0. The molecule has 0 radical (unpaired) electrons. The van der Waals surface area contributed by atoms with Crippen molar-refractivity contribution in [2.24, 2.45) is 7.05 Å². The van der Waals surface area contributed by atoms with Crippen molar-refractivity contribution in [3.63, 3.8) is 0 Å². The zero-order chi connectivity index (χ0) is 15.6. The van der Waals surface area contributed by atoms with Crippen LogP contribution in [-0.2, 0) is 7.05 Å². The quantitative estimate of drug-likeness (QED) is 0.915. The molecular weight excluding hydrogens is 262 g/mol. The maximum Gasteiger partial charge on any atom is 0.119 e. The number of hydrogen-bond donors (Lipinski definition) is 1. The minimum atomic E-state index is 0.245. The molecule has 1 aromatic carbocycles. The van der Waals surface area contributed by atoms with Crippen molar-refractivity contribution in [2.75, 3.05) is 7.11 Å². The first-order chi connectivity index (χ1) is 9.93. The SMILES string of the molecule is COc1cccc([C@H](C)NC(C)c2c(C)nn(C)c2C)c1. The highest BCUT2D eigenvalue weighted by Gasteiger charge is 2.18. The molecule has 2 rings (SSSR count). The van der Waals surface area contributed by atoms with Crippen LogP contribution in [0.5, 0.6) is 5.75 Å². The standard InChI is InChI=1S/C17H25N3O/c1-11(15-8-7-9-16(10-15)21-6)18-12(2)17-13(3)19-20(5)14(17)4/h7-12,18H,1-6H3/t11-,12?/m0/s1. The molecule has 0 amide bonds. The summed E-state index contributed by atoms with van der Waals surface area (Å²) in [5, 5.41) is 8.15. The Morgan fingerprint density at radius 3 is 2.48 bits per heavy atom. The van der Waals surface area contributed by atoms with Crippen LogP contribution in [0.1, 0.15) is 48.4 Å². The van der Waals surface area contributed by atoms with Crippen LogP contribution < -0.4 is 10.1 Å². The molecule has 0 saturated carbocycles. The maximum absolute atomic E-state index is 5.30. The molecule has 0 aliphatic rings. The Kier molecular flexibility index (Phi) is 4.68. The lowest BCUT2D eigenvalue weighted by molar-refractivity contribution is 0.412. The van der Waals surface area contributed by atoms with Crippen LogP contribution in [0.3, 0.4) is 0 Å². The molecule has 1 aromatic heterocycles. The lowest BCUT2D eigenvalue weighted by atomic mass is 10.0. The van der Waals surface area contributed by atoms with E-state index in [1.165, 1.54) is 16.8 Å². The number of nitrogens with one attached hydrogen (secondary N) is 1. The topological polar surface area (TPSA) is 39.1 Å². The van der Waals surface area contributed by atoms with Gasteiger partial charge in [-0.3, -0.25) is 4.68 Å². The molecule has 0 spiro atoms. The van der Waals surface area contributed by atoms with Crippen molar-refractivity contribution in [2.45, 2.75) is 39.8 Å². The minimum Gasteiger partial charge on any atom is -0.497 e. The number of methoxy groups -OCH3 is 1. The normalized spacial score (nSPS) is 14.0. The van der Waals surface area contributed by atoms with Crippen LogP contribution >= 0.6 is 0 Å². The average Bonchev–Trinajstić information content (AvgIpc) is 2.72. The fourth-order valence-corrected chi connectivity index (χ4v) is 2.88. The van der Waals surface area contributed by atoms with E-state index < -0.39 is 0 Å². The summed E-state index contributed by atoms with van der Waals surface area (Å²) in [5.41, 5.74) is 4.81. The first-order valence-corrected chi connectivity index (χ1v) is 7.34. The van der Waals surface area contributed by atoms with E-state index in [4.69, 9.17) is 4.74 Å². The highest BCUT2D eigenvalue weighted by Crippen LogP contribution is 2.25. The molecular formula is C17H25N3O. The number of rotatable bonds is 5. The van der Waals surface area contributed by atoms with Gasteiger partial charge in [0, 0.05) is 30.4 Å². The highest BCUT2D eigenvalue weighted by atomic mass is 16.5. The first kappa shape index (κ1) is 15.6. The van der Waals surface area contributed by atoms with Gasteiger partial charge in [-0.2, -0.15) is 5.10 Å². The number of hydrogen-bond acceptors (Lipinski definition) is 3. The summed E-state index contributed by atoms with van der Waals surface area (Å²) in [6.07, 6.45) is 0. The molecule has 2 aromatic rings. The van der Waals surface area contributed by atoms with Crippen molar-refractivity contribution < 1.29 is 4.74 Å². The van der Waals surface area contributed by atoms with E-state index in [-0.39, 0.29) is 12.1 Å². The molecule has 1 unspecified atom stereocenters. The summed E-state index contributed by atoms with van der Waals surface area (Å²) >= 11 is 0. The number of ether oxygens (including phenoxy) is 1.